The molecule has 1 heterocycles. The third-order valence-electron chi connectivity index (χ3n) is 4.39. The van der Waals surface area contributed by atoms with Gasteiger partial charge in [0.05, 0.1) is 17.3 Å². The van der Waals surface area contributed by atoms with Gasteiger partial charge in [0, 0.05) is 17.5 Å². The van der Waals surface area contributed by atoms with Gasteiger partial charge in [0.25, 0.3) is 0 Å². The molecule has 6 nitrogen and oxygen atoms in total. The number of hydrogen-bond acceptors (Lipinski definition) is 6. The fourth-order valence-corrected chi connectivity index (χ4v) is 3.03. The van der Waals surface area contributed by atoms with Crippen LogP contribution in [0.25, 0.3) is 11.3 Å². The molecular weight excluding hydrogens is 347 g/mol. The number of benzene rings is 1. The highest BCUT2D eigenvalue weighted by Crippen LogP contribution is 2.36. The van der Waals surface area contributed by atoms with Crippen LogP contribution in [-0.4, -0.2) is 26.3 Å². The van der Waals surface area contributed by atoms with Gasteiger partial charge in [0.2, 0.25) is 5.95 Å². The molecule has 2 N–H and O–H groups in total. The van der Waals surface area contributed by atoms with Crippen LogP contribution in [0.3, 0.4) is 0 Å². The number of nitrogens with one attached hydrogen (secondary N) is 1. The number of aryl methyl sites for hydroxylation is 1. The first-order valence-electron chi connectivity index (χ1n) is 8.06. The molecular formula is C17H16F3N5O. The van der Waals surface area contributed by atoms with Gasteiger partial charge in [-0.15, -0.1) is 10.2 Å². The Morgan fingerprint density at radius 1 is 1.27 bits per heavy atom. The third-order valence-corrected chi connectivity index (χ3v) is 4.39. The van der Waals surface area contributed by atoms with E-state index in [1.54, 1.807) is 6.92 Å². The van der Waals surface area contributed by atoms with E-state index in [1.807, 2.05) is 0 Å². The summed E-state index contributed by atoms with van der Waals surface area (Å²) in [7, 11) is 0. The first-order valence-corrected chi connectivity index (χ1v) is 8.06. The van der Waals surface area contributed by atoms with E-state index in [4.69, 9.17) is 5.26 Å². The molecule has 1 aliphatic rings. The number of phenolic OH excluding ortho intramolecular Hbond substituents is 1. The zero-order valence-electron chi connectivity index (χ0n) is 13.9. The second kappa shape index (κ2) is 6.78. The van der Waals surface area contributed by atoms with Crippen LogP contribution in [0.15, 0.2) is 18.2 Å². The van der Waals surface area contributed by atoms with E-state index >= 15 is 0 Å². The molecule has 26 heavy (non-hydrogen) atoms. The van der Waals surface area contributed by atoms with Crippen LogP contribution in [0.5, 0.6) is 5.75 Å². The Morgan fingerprint density at radius 3 is 2.62 bits per heavy atom. The van der Waals surface area contributed by atoms with Crippen LogP contribution in [0, 0.1) is 24.2 Å². The van der Waals surface area contributed by atoms with E-state index in [0.29, 0.717) is 24.1 Å². The molecule has 0 spiro atoms. The minimum atomic E-state index is -4.54. The van der Waals surface area contributed by atoms with Crippen molar-refractivity contribution >= 4 is 5.95 Å². The average molecular weight is 363 g/mol. The van der Waals surface area contributed by atoms with Crippen molar-refractivity contribution in [2.75, 3.05) is 5.32 Å². The van der Waals surface area contributed by atoms with Crippen molar-refractivity contribution < 1.29 is 18.3 Å². The minimum Gasteiger partial charge on any atom is -0.507 e. The molecule has 0 amide bonds. The van der Waals surface area contributed by atoms with Gasteiger partial charge in [-0.05, 0) is 44.4 Å². The zero-order valence-corrected chi connectivity index (χ0v) is 13.9. The third kappa shape index (κ3) is 3.69. The molecule has 1 aliphatic carbocycles. The number of rotatable bonds is 3. The van der Waals surface area contributed by atoms with Crippen LogP contribution >= 0.6 is 0 Å². The molecule has 1 aromatic heterocycles. The highest BCUT2D eigenvalue weighted by molar-refractivity contribution is 5.69. The van der Waals surface area contributed by atoms with E-state index in [0.717, 1.165) is 25.0 Å². The van der Waals surface area contributed by atoms with E-state index < -0.39 is 17.5 Å². The highest BCUT2D eigenvalue weighted by Gasteiger charge is 2.31. The van der Waals surface area contributed by atoms with Crippen molar-refractivity contribution in [2.24, 2.45) is 5.92 Å². The Bertz CT molecular complexity index is 862. The van der Waals surface area contributed by atoms with Crippen LogP contribution in [0.1, 0.15) is 30.5 Å². The summed E-state index contributed by atoms with van der Waals surface area (Å²) < 4.78 is 38.1. The first kappa shape index (κ1) is 17.9. The smallest absolute Gasteiger partial charge is 0.416 e. The number of aromatic nitrogens is 3. The standard InChI is InChI=1S/C17H16F3N5O/c1-9-15(13-5-3-11(7-14(13)26)17(18,19)20)24-25-16(22-9)23-12-4-2-10(6-12)8-21/h3,5,7,10,12,26H,2,4,6H2,1H3,(H,22,23,25)/t10-,12+/m0/s1. The highest BCUT2D eigenvalue weighted by atomic mass is 19.4. The van der Waals surface area contributed by atoms with Crippen LogP contribution < -0.4 is 5.32 Å². The average Bonchev–Trinajstić information content (AvgIpc) is 3.02. The molecule has 0 aliphatic heterocycles. The van der Waals surface area contributed by atoms with Crippen molar-refractivity contribution in [3.63, 3.8) is 0 Å². The molecule has 9 heteroatoms. The molecule has 0 unspecified atom stereocenters. The van der Waals surface area contributed by atoms with Crippen LogP contribution in [0.4, 0.5) is 19.1 Å². The van der Waals surface area contributed by atoms with Gasteiger partial charge in [-0.1, -0.05) is 0 Å². The molecule has 0 bridgehead atoms. The van der Waals surface area contributed by atoms with Gasteiger partial charge >= 0.3 is 6.18 Å². The summed E-state index contributed by atoms with van der Waals surface area (Å²) in [6.45, 7) is 1.64. The van der Waals surface area contributed by atoms with Crippen LogP contribution in [0.2, 0.25) is 0 Å². The van der Waals surface area contributed by atoms with Gasteiger partial charge in [0.15, 0.2) is 0 Å². The topological polar surface area (TPSA) is 94.7 Å². The number of aromatic hydroxyl groups is 1. The largest absolute Gasteiger partial charge is 0.507 e. The SMILES string of the molecule is Cc1nc(N[C@@H]2CC[C@H](C#N)C2)nnc1-c1ccc(C(F)(F)F)cc1O. The summed E-state index contributed by atoms with van der Waals surface area (Å²) >= 11 is 0. The Labute approximate surface area is 147 Å². The summed E-state index contributed by atoms with van der Waals surface area (Å²) in [5.74, 6) is -0.224. The predicted molar refractivity (Wildman–Crippen MR) is 87.0 cm³/mol. The molecule has 1 fully saturated rings. The van der Waals surface area contributed by atoms with E-state index in [-0.39, 0.29) is 23.2 Å². The van der Waals surface area contributed by atoms with Crippen molar-refractivity contribution in [1.82, 2.24) is 15.2 Å². The minimum absolute atomic E-state index is 0.0184. The quantitative estimate of drug-likeness (QED) is 0.864. The number of halogens is 3. The van der Waals surface area contributed by atoms with Crippen LogP contribution in [-0.2, 0) is 6.18 Å². The number of alkyl halides is 3. The van der Waals surface area contributed by atoms with E-state index in [9.17, 15) is 18.3 Å². The summed E-state index contributed by atoms with van der Waals surface area (Å²) in [6, 6.07) is 5.01. The second-order valence-corrected chi connectivity index (χ2v) is 6.28. The summed E-state index contributed by atoms with van der Waals surface area (Å²) in [4.78, 5) is 4.28. The van der Waals surface area contributed by atoms with Gasteiger partial charge in [0.1, 0.15) is 11.4 Å². The lowest BCUT2D eigenvalue weighted by Gasteiger charge is -2.13. The molecule has 0 saturated heterocycles. The monoisotopic (exact) mass is 363 g/mol. The molecule has 2 atom stereocenters. The first-order chi connectivity index (χ1) is 12.3. The van der Waals surface area contributed by atoms with E-state index in [1.165, 1.54) is 0 Å². The van der Waals surface area contributed by atoms with Crippen molar-refractivity contribution in [3.05, 3.63) is 29.5 Å². The van der Waals surface area contributed by atoms with E-state index in [2.05, 4.69) is 26.6 Å². The lowest BCUT2D eigenvalue weighted by atomic mass is 10.1. The Hall–Kier alpha value is -2.89. The molecule has 136 valence electrons. The molecule has 1 aromatic carbocycles. The Kier molecular flexibility index (Phi) is 4.68. The lowest BCUT2D eigenvalue weighted by Crippen LogP contribution is -2.18. The van der Waals surface area contributed by atoms with Gasteiger partial charge in [-0.25, -0.2) is 4.98 Å². The molecule has 3 rings (SSSR count). The van der Waals surface area contributed by atoms with Gasteiger partial charge in [-0.3, -0.25) is 0 Å². The predicted octanol–water partition coefficient (Wildman–Crippen LogP) is 3.68. The number of nitrogens with zero attached hydrogens (tertiary/aromatic N) is 4. The fourth-order valence-electron chi connectivity index (χ4n) is 3.03. The zero-order chi connectivity index (χ0) is 18.9. The Balaban J connectivity index is 1.81. The van der Waals surface area contributed by atoms with Crippen molar-refractivity contribution in [1.29, 1.82) is 5.26 Å². The summed E-state index contributed by atoms with van der Waals surface area (Å²) in [5.41, 5.74) is -0.174. The van der Waals surface area contributed by atoms with Crippen molar-refractivity contribution in [2.45, 2.75) is 38.4 Å². The normalized spacial score (nSPS) is 20.0. The van der Waals surface area contributed by atoms with Gasteiger partial charge in [-0.2, -0.15) is 18.4 Å². The molecule has 2 aromatic rings. The maximum Gasteiger partial charge on any atom is 0.416 e. The number of hydrogen-bond donors (Lipinski definition) is 2. The molecule has 0 radical (unpaired) electrons. The maximum atomic E-state index is 12.7. The fraction of sp³-hybridized carbons (Fsp3) is 0.412. The number of nitriles is 1. The van der Waals surface area contributed by atoms with Gasteiger partial charge < -0.3 is 10.4 Å². The van der Waals surface area contributed by atoms with Crippen molar-refractivity contribution in [3.8, 4) is 23.1 Å². The maximum absolute atomic E-state index is 12.7. The number of anilines is 1. The Morgan fingerprint density at radius 2 is 2.04 bits per heavy atom. The summed E-state index contributed by atoms with van der Waals surface area (Å²) in [5, 5.41) is 30.0. The second-order valence-electron chi connectivity index (χ2n) is 6.28. The molecule has 1 saturated carbocycles. The lowest BCUT2D eigenvalue weighted by molar-refractivity contribution is -0.137. The summed E-state index contributed by atoms with van der Waals surface area (Å²) in [6.07, 6.45) is -2.17. The number of phenols is 1.